The zero-order valence-electron chi connectivity index (χ0n) is 7.66. The smallest absolute Gasteiger partial charge is 0.154 e. The lowest BCUT2D eigenvalue weighted by Crippen LogP contribution is -1.92. The Labute approximate surface area is 72.5 Å². The van der Waals surface area contributed by atoms with Crippen molar-refractivity contribution in [1.29, 1.82) is 0 Å². The second-order valence-corrected chi connectivity index (χ2v) is 2.91. The fourth-order valence-electron chi connectivity index (χ4n) is 1.09. The van der Waals surface area contributed by atoms with E-state index in [0.29, 0.717) is 0 Å². The Bertz CT molecular complexity index is 301. The summed E-state index contributed by atoms with van der Waals surface area (Å²) in [5.41, 5.74) is 2.29. The van der Waals surface area contributed by atoms with Crippen LogP contribution in [0.15, 0.2) is 18.2 Å². The molecule has 0 fully saturated rings. The molecule has 0 radical (unpaired) electrons. The van der Waals surface area contributed by atoms with Crippen LogP contribution in [0.1, 0.15) is 18.3 Å². The number of aromatic nitrogens is 1. The van der Waals surface area contributed by atoms with Crippen molar-refractivity contribution in [3.05, 3.63) is 29.6 Å². The molecule has 2 nitrogen and oxygen atoms in total. The third-order valence-electron chi connectivity index (χ3n) is 1.78. The Morgan fingerprint density at radius 2 is 1.83 bits per heavy atom. The van der Waals surface area contributed by atoms with Crippen molar-refractivity contribution < 1.29 is 4.79 Å². The zero-order valence-corrected chi connectivity index (χ0v) is 7.66. The number of hydrogen-bond donors (Lipinski definition) is 0. The average Bonchev–Trinajstić information content (AvgIpc) is 2.28. The predicted octanol–water partition coefficient (Wildman–Crippen LogP) is 2.16. The van der Waals surface area contributed by atoms with Gasteiger partial charge in [-0.15, -0.1) is 0 Å². The van der Waals surface area contributed by atoms with Gasteiger partial charge in [-0.3, -0.25) is 4.79 Å². The standard InChI is InChI=1S/C10H13NO/c1-8-4-5-9(2)11(8)7-6-10(3)12/h4-7H,1-3H3. The van der Waals surface area contributed by atoms with E-state index in [-0.39, 0.29) is 5.78 Å². The van der Waals surface area contributed by atoms with Crippen molar-refractivity contribution >= 4 is 12.0 Å². The molecule has 0 aromatic carbocycles. The van der Waals surface area contributed by atoms with E-state index >= 15 is 0 Å². The Morgan fingerprint density at radius 3 is 2.25 bits per heavy atom. The van der Waals surface area contributed by atoms with Crippen LogP contribution in [0.4, 0.5) is 0 Å². The molecule has 0 amide bonds. The maximum atomic E-state index is 10.7. The summed E-state index contributed by atoms with van der Waals surface area (Å²) in [4.78, 5) is 10.7. The summed E-state index contributed by atoms with van der Waals surface area (Å²) in [6, 6.07) is 4.06. The van der Waals surface area contributed by atoms with Crippen molar-refractivity contribution in [1.82, 2.24) is 4.57 Å². The zero-order chi connectivity index (χ0) is 9.14. The van der Waals surface area contributed by atoms with Crippen LogP contribution in [-0.4, -0.2) is 10.4 Å². The predicted molar refractivity (Wildman–Crippen MR) is 49.9 cm³/mol. The lowest BCUT2D eigenvalue weighted by atomic mass is 10.4. The number of nitrogens with zero attached hydrogens (tertiary/aromatic N) is 1. The van der Waals surface area contributed by atoms with E-state index in [1.807, 2.05) is 30.5 Å². The number of carbonyl (C=O) groups is 1. The lowest BCUT2D eigenvalue weighted by Gasteiger charge is -2.00. The Hall–Kier alpha value is -1.31. The molecule has 64 valence electrons. The first kappa shape index (κ1) is 8.78. The molecule has 0 aliphatic rings. The molecular weight excluding hydrogens is 150 g/mol. The first-order valence-electron chi connectivity index (χ1n) is 3.94. The largest absolute Gasteiger partial charge is 0.325 e. The molecule has 1 aromatic heterocycles. The maximum Gasteiger partial charge on any atom is 0.154 e. The number of carbonyl (C=O) groups excluding carboxylic acids is 1. The van der Waals surface area contributed by atoms with Crippen LogP contribution >= 0.6 is 0 Å². The van der Waals surface area contributed by atoms with E-state index in [1.165, 1.54) is 0 Å². The summed E-state index contributed by atoms with van der Waals surface area (Å²) in [5, 5.41) is 0. The van der Waals surface area contributed by atoms with Crippen LogP contribution in [-0.2, 0) is 4.79 Å². The quantitative estimate of drug-likeness (QED) is 0.612. The van der Waals surface area contributed by atoms with Gasteiger partial charge in [-0.25, -0.2) is 0 Å². The minimum atomic E-state index is 0.0718. The van der Waals surface area contributed by atoms with Crippen LogP contribution in [0.25, 0.3) is 6.20 Å². The first-order valence-corrected chi connectivity index (χ1v) is 3.94. The minimum Gasteiger partial charge on any atom is -0.325 e. The first-order chi connectivity index (χ1) is 5.61. The summed E-state index contributed by atoms with van der Waals surface area (Å²) >= 11 is 0. The molecule has 0 bridgehead atoms. The molecule has 0 saturated carbocycles. The van der Waals surface area contributed by atoms with Gasteiger partial charge >= 0.3 is 0 Å². The molecule has 2 heteroatoms. The van der Waals surface area contributed by atoms with Crippen LogP contribution in [0.2, 0.25) is 0 Å². The average molecular weight is 163 g/mol. The Kier molecular flexibility index (Phi) is 2.48. The summed E-state index contributed by atoms with van der Waals surface area (Å²) in [6.07, 6.45) is 3.37. The van der Waals surface area contributed by atoms with Crippen LogP contribution in [0, 0.1) is 13.8 Å². The topological polar surface area (TPSA) is 22.0 Å². The van der Waals surface area contributed by atoms with Gasteiger partial charge < -0.3 is 4.57 Å². The Balaban J connectivity index is 2.95. The monoisotopic (exact) mass is 163 g/mol. The molecule has 0 aliphatic carbocycles. The third-order valence-corrected chi connectivity index (χ3v) is 1.78. The highest BCUT2D eigenvalue weighted by Gasteiger charge is 1.95. The van der Waals surface area contributed by atoms with Gasteiger partial charge in [-0.2, -0.15) is 0 Å². The molecule has 1 aromatic rings. The van der Waals surface area contributed by atoms with Crippen LogP contribution in [0.5, 0.6) is 0 Å². The lowest BCUT2D eigenvalue weighted by molar-refractivity contribution is -0.112. The second kappa shape index (κ2) is 3.39. The number of ketones is 1. The molecule has 0 atom stereocenters. The summed E-state index contributed by atoms with van der Waals surface area (Å²) in [7, 11) is 0. The molecule has 1 heterocycles. The Morgan fingerprint density at radius 1 is 1.33 bits per heavy atom. The van der Waals surface area contributed by atoms with Gasteiger partial charge in [-0.1, -0.05) is 0 Å². The molecule has 0 unspecified atom stereocenters. The van der Waals surface area contributed by atoms with Gasteiger partial charge in [-0.05, 0) is 39.0 Å². The number of hydrogen-bond acceptors (Lipinski definition) is 1. The van der Waals surface area contributed by atoms with E-state index in [9.17, 15) is 4.79 Å². The van der Waals surface area contributed by atoms with Gasteiger partial charge in [0.2, 0.25) is 0 Å². The van der Waals surface area contributed by atoms with E-state index < -0.39 is 0 Å². The van der Waals surface area contributed by atoms with Crippen molar-refractivity contribution in [2.45, 2.75) is 20.8 Å². The van der Waals surface area contributed by atoms with Crippen LogP contribution in [0.3, 0.4) is 0 Å². The minimum absolute atomic E-state index is 0.0718. The van der Waals surface area contributed by atoms with Crippen molar-refractivity contribution in [2.24, 2.45) is 0 Å². The normalized spacial score (nSPS) is 10.9. The number of aryl methyl sites for hydroxylation is 2. The van der Waals surface area contributed by atoms with E-state index in [4.69, 9.17) is 0 Å². The molecule has 0 spiro atoms. The highest BCUT2D eigenvalue weighted by molar-refractivity contribution is 5.89. The molecular formula is C10H13NO. The van der Waals surface area contributed by atoms with Gasteiger partial charge in [0.1, 0.15) is 0 Å². The summed E-state index contributed by atoms with van der Waals surface area (Å²) in [6.45, 7) is 5.57. The highest BCUT2D eigenvalue weighted by atomic mass is 16.1. The van der Waals surface area contributed by atoms with Crippen molar-refractivity contribution in [3.63, 3.8) is 0 Å². The fraction of sp³-hybridized carbons (Fsp3) is 0.300. The van der Waals surface area contributed by atoms with Gasteiger partial charge in [0.25, 0.3) is 0 Å². The van der Waals surface area contributed by atoms with E-state index in [0.717, 1.165) is 11.4 Å². The van der Waals surface area contributed by atoms with Crippen molar-refractivity contribution in [3.8, 4) is 0 Å². The van der Waals surface area contributed by atoms with E-state index in [1.54, 1.807) is 19.2 Å². The molecule has 0 N–H and O–H groups in total. The van der Waals surface area contributed by atoms with Gasteiger partial charge in [0.15, 0.2) is 5.78 Å². The second-order valence-electron chi connectivity index (χ2n) is 2.91. The highest BCUT2D eigenvalue weighted by Crippen LogP contribution is 2.06. The molecule has 0 aliphatic heterocycles. The summed E-state index contributed by atoms with van der Waals surface area (Å²) in [5.74, 6) is 0.0718. The number of allylic oxidation sites excluding steroid dienone is 1. The molecule has 1 rings (SSSR count). The van der Waals surface area contributed by atoms with Gasteiger partial charge in [0, 0.05) is 17.6 Å². The van der Waals surface area contributed by atoms with E-state index in [2.05, 4.69) is 0 Å². The molecule has 0 saturated heterocycles. The third kappa shape index (κ3) is 1.84. The fourth-order valence-corrected chi connectivity index (χ4v) is 1.09. The van der Waals surface area contributed by atoms with Crippen LogP contribution < -0.4 is 0 Å². The number of rotatable bonds is 2. The maximum absolute atomic E-state index is 10.7. The van der Waals surface area contributed by atoms with Gasteiger partial charge in [0.05, 0.1) is 0 Å². The van der Waals surface area contributed by atoms with Crippen molar-refractivity contribution in [2.75, 3.05) is 0 Å². The molecule has 12 heavy (non-hydrogen) atoms. The summed E-state index contributed by atoms with van der Waals surface area (Å²) < 4.78 is 1.99. The SMILES string of the molecule is CC(=O)C=Cn1c(C)ccc1C.